The number of rotatable bonds is 6. The fourth-order valence-electron chi connectivity index (χ4n) is 3.17. The fraction of sp³-hybridized carbons (Fsp3) is 0.381. The normalized spacial score (nSPS) is 15.6. The van der Waals surface area contributed by atoms with Gasteiger partial charge in [0.25, 0.3) is 0 Å². The second kappa shape index (κ2) is 12.2. The number of hydrogen-bond acceptors (Lipinski definition) is 4. The highest BCUT2D eigenvalue weighted by molar-refractivity contribution is 6.30. The zero-order valence-corrected chi connectivity index (χ0v) is 18.3. The molecular formula is C21H26Cl3N3O. The van der Waals surface area contributed by atoms with E-state index in [0.717, 1.165) is 44.7 Å². The molecule has 1 aliphatic heterocycles. The molecule has 0 bridgehead atoms. The van der Waals surface area contributed by atoms with Crippen LogP contribution in [0.3, 0.4) is 0 Å². The summed E-state index contributed by atoms with van der Waals surface area (Å²) in [6.07, 6.45) is 0.756. The van der Waals surface area contributed by atoms with E-state index in [0.29, 0.717) is 16.3 Å². The third kappa shape index (κ3) is 6.84. The van der Waals surface area contributed by atoms with E-state index in [4.69, 9.17) is 16.3 Å². The van der Waals surface area contributed by atoms with Gasteiger partial charge in [-0.2, -0.15) is 5.26 Å². The molecule has 0 N–H and O–H groups in total. The van der Waals surface area contributed by atoms with Gasteiger partial charge in [0.2, 0.25) is 0 Å². The van der Waals surface area contributed by atoms with Crippen LogP contribution in [0.25, 0.3) is 0 Å². The average Bonchev–Trinajstić information content (AvgIpc) is 2.67. The van der Waals surface area contributed by atoms with Crippen molar-refractivity contribution in [3.05, 3.63) is 64.7 Å². The maximum Gasteiger partial charge on any atom is 0.139 e. The van der Waals surface area contributed by atoms with Crippen LogP contribution in [-0.2, 0) is 0 Å². The molecule has 0 unspecified atom stereocenters. The zero-order valence-electron chi connectivity index (χ0n) is 15.9. The first kappa shape index (κ1) is 24.6. The van der Waals surface area contributed by atoms with E-state index in [9.17, 15) is 5.26 Å². The van der Waals surface area contributed by atoms with E-state index >= 15 is 0 Å². The summed E-state index contributed by atoms with van der Waals surface area (Å²) >= 11 is 6.11. The van der Waals surface area contributed by atoms with Crippen molar-refractivity contribution in [3.63, 3.8) is 0 Å². The van der Waals surface area contributed by atoms with E-state index in [1.165, 1.54) is 0 Å². The van der Waals surface area contributed by atoms with E-state index < -0.39 is 0 Å². The number of nitriles is 1. The largest absolute Gasteiger partial charge is 0.484 e. The molecule has 2 aromatic carbocycles. The van der Waals surface area contributed by atoms with Gasteiger partial charge in [-0.3, -0.25) is 0 Å². The van der Waals surface area contributed by atoms with Gasteiger partial charge in [0.1, 0.15) is 17.9 Å². The molecule has 0 amide bonds. The van der Waals surface area contributed by atoms with Crippen LogP contribution < -0.4 is 4.74 Å². The average molecular weight is 443 g/mol. The lowest BCUT2D eigenvalue weighted by Crippen LogP contribution is -2.45. The number of benzene rings is 2. The van der Waals surface area contributed by atoms with Crippen LogP contribution in [0.1, 0.15) is 23.7 Å². The lowest BCUT2D eigenvalue weighted by atomic mass is 10.1. The topological polar surface area (TPSA) is 39.5 Å². The van der Waals surface area contributed by atoms with Gasteiger partial charge in [-0.05, 0) is 24.7 Å². The van der Waals surface area contributed by atoms with Crippen molar-refractivity contribution in [3.8, 4) is 11.8 Å². The van der Waals surface area contributed by atoms with Crippen molar-refractivity contribution >= 4 is 36.4 Å². The van der Waals surface area contributed by atoms with E-state index in [2.05, 4.69) is 35.0 Å². The number of piperazine rings is 1. The summed E-state index contributed by atoms with van der Waals surface area (Å²) in [4.78, 5) is 4.83. The predicted octanol–water partition coefficient (Wildman–Crippen LogP) is 4.81. The van der Waals surface area contributed by atoms with Crippen molar-refractivity contribution in [2.45, 2.75) is 12.5 Å². The molecule has 4 nitrogen and oxygen atoms in total. The molecule has 1 aliphatic rings. The maximum atomic E-state index is 9.37. The first-order chi connectivity index (χ1) is 12.7. The first-order valence-electron chi connectivity index (χ1n) is 8.98. The molecule has 0 spiro atoms. The highest BCUT2D eigenvalue weighted by Gasteiger charge is 2.19. The summed E-state index contributed by atoms with van der Waals surface area (Å²) in [6.45, 7) is 5.33. The van der Waals surface area contributed by atoms with Gasteiger partial charge in [0.05, 0.1) is 5.56 Å². The molecule has 1 saturated heterocycles. The highest BCUT2D eigenvalue weighted by atomic mass is 35.5. The molecular weight excluding hydrogens is 417 g/mol. The Bertz CT molecular complexity index is 759. The van der Waals surface area contributed by atoms with Crippen LogP contribution in [0.4, 0.5) is 0 Å². The summed E-state index contributed by atoms with van der Waals surface area (Å²) in [6, 6.07) is 17.5. The Kier molecular flexibility index (Phi) is 10.7. The Balaban J connectivity index is 0.00000196. The standard InChI is InChI=1S/C21H24ClN3O.2ClH/c1-24-11-13-25(14-12-24)10-9-20(17-5-3-2-4-6-17)26-21-15-19(22)8-7-18(21)16-23;;/h2-8,15,20H,9-14H2,1H3;2*1H/t20-;;/m1../s1. The smallest absolute Gasteiger partial charge is 0.139 e. The summed E-state index contributed by atoms with van der Waals surface area (Å²) in [5, 5.41) is 9.94. The minimum atomic E-state index is -0.110. The Morgan fingerprint density at radius 2 is 1.75 bits per heavy atom. The van der Waals surface area contributed by atoms with Crippen molar-refractivity contribution in [1.29, 1.82) is 5.26 Å². The number of hydrogen-bond donors (Lipinski definition) is 0. The SMILES string of the molecule is CN1CCN(CC[C@@H](Oc2cc(Cl)ccc2C#N)c2ccccc2)CC1.Cl.Cl. The summed E-state index contributed by atoms with van der Waals surface area (Å²) in [5.41, 5.74) is 1.63. The lowest BCUT2D eigenvalue weighted by Gasteiger charge is -2.33. The summed E-state index contributed by atoms with van der Waals surface area (Å²) < 4.78 is 6.27. The second-order valence-corrected chi connectivity index (χ2v) is 7.14. The van der Waals surface area contributed by atoms with Gasteiger partial charge in [0.15, 0.2) is 0 Å². The number of halogens is 3. The maximum absolute atomic E-state index is 9.37. The van der Waals surface area contributed by atoms with Crippen LogP contribution in [0, 0.1) is 11.3 Å². The number of likely N-dealkylation sites (N-methyl/N-ethyl adjacent to an activating group) is 1. The zero-order chi connectivity index (χ0) is 18.4. The second-order valence-electron chi connectivity index (χ2n) is 6.70. The van der Waals surface area contributed by atoms with Crippen LogP contribution in [0.2, 0.25) is 5.02 Å². The first-order valence-corrected chi connectivity index (χ1v) is 9.35. The monoisotopic (exact) mass is 441 g/mol. The molecule has 1 heterocycles. The fourth-order valence-corrected chi connectivity index (χ4v) is 3.33. The van der Waals surface area contributed by atoms with Crippen LogP contribution >= 0.6 is 36.4 Å². The van der Waals surface area contributed by atoms with E-state index in [1.807, 2.05) is 18.2 Å². The van der Waals surface area contributed by atoms with Gasteiger partial charge in [-0.15, -0.1) is 24.8 Å². The predicted molar refractivity (Wildman–Crippen MR) is 119 cm³/mol. The molecule has 7 heteroatoms. The number of ether oxygens (including phenoxy) is 1. The Morgan fingerprint density at radius 1 is 1.07 bits per heavy atom. The quantitative estimate of drug-likeness (QED) is 0.643. The molecule has 0 saturated carbocycles. The molecule has 3 rings (SSSR count). The van der Waals surface area contributed by atoms with Crippen molar-refractivity contribution in [2.75, 3.05) is 39.8 Å². The van der Waals surface area contributed by atoms with Crippen molar-refractivity contribution < 1.29 is 4.74 Å². The Hall–Kier alpha value is -1.48. The third-order valence-electron chi connectivity index (χ3n) is 4.81. The molecule has 0 radical (unpaired) electrons. The minimum Gasteiger partial charge on any atom is -0.484 e. The summed E-state index contributed by atoms with van der Waals surface area (Å²) in [5.74, 6) is 0.548. The molecule has 0 aromatic heterocycles. The molecule has 152 valence electrons. The van der Waals surface area contributed by atoms with Crippen LogP contribution in [0.5, 0.6) is 5.75 Å². The number of nitrogens with zero attached hydrogens (tertiary/aromatic N) is 3. The van der Waals surface area contributed by atoms with Gasteiger partial charge < -0.3 is 14.5 Å². The molecule has 1 atom stereocenters. The molecule has 28 heavy (non-hydrogen) atoms. The summed E-state index contributed by atoms with van der Waals surface area (Å²) in [7, 11) is 2.16. The van der Waals surface area contributed by atoms with Crippen molar-refractivity contribution in [1.82, 2.24) is 9.80 Å². The van der Waals surface area contributed by atoms with Gasteiger partial charge in [-0.25, -0.2) is 0 Å². The molecule has 0 aliphatic carbocycles. The minimum absolute atomic E-state index is 0. The van der Waals surface area contributed by atoms with Gasteiger partial charge in [-0.1, -0.05) is 41.9 Å². The Labute approximate surface area is 184 Å². The van der Waals surface area contributed by atoms with Crippen molar-refractivity contribution in [2.24, 2.45) is 0 Å². The third-order valence-corrected chi connectivity index (χ3v) is 5.04. The highest BCUT2D eigenvalue weighted by Crippen LogP contribution is 2.30. The van der Waals surface area contributed by atoms with Gasteiger partial charge in [0, 0.05) is 50.2 Å². The molecule has 2 aromatic rings. The lowest BCUT2D eigenvalue weighted by molar-refractivity contribution is 0.123. The van der Waals surface area contributed by atoms with Crippen LogP contribution in [-0.4, -0.2) is 49.6 Å². The van der Waals surface area contributed by atoms with Crippen LogP contribution in [0.15, 0.2) is 48.5 Å². The Morgan fingerprint density at radius 3 is 2.39 bits per heavy atom. The molecule has 1 fully saturated rings. The van der Waals surface area contributed by atoms with E-state index in [-0.39, 0.29) is 30.9 Å². The van der Waals surface area contributed by atoms with Gasteiger partial charge >= 0.3 is 0 Å². The van der Waals surface area contributed by atoms with E-state index in [1.54, 1.807) is 18.2 Å².